The van der Waals surface area contributed by atoms with E-state index in [2.05, 4.69) is 5.32 Å². The molecule has 0 bridgehead atoms. The predicted molar refractivity (Wildman–Crippen MR) is 129 cm³/mol. The Bertz CT molecular complexity index is 1190. The number of carbonyl (C=O) groups excluding carboxylic acids is 2. The van der Waals surface area contributed by atoms with Crippen molar-refractivity contribution in [1.29, 1.82) is 0 Å². The van der Waals surface area contributed by atoms with Crippen molar-refractivity contribution in [1.82, 2.24) is 10.2 Å². The summed E-state index contributed by atoms with van der Waals surface area (Å²) in [7, 11) is -4.18. The summed E-state index contributed by atoms with van der Waals surface area (Å²) in [5.41, 5.74) is -0.979. The van der Waals surface area contributed by atoms with E-state index in [0.717, 1.165) is 29.4 Å². The van der Waals surface area contributed by atoms with E-state index in [1.54, 1.807) is 13.0 Å². The van der Waals surface area contributed by atoms with Crippen LogP contribution in [0.15, 0.2) is 42.5 Å². The molecule has 0 aliphatic rings. The van der Waals surface area contributed by atoms with Crippen molar-refractivity contribution >= 4 is 50.7 Å². The molecule has 0 aliphatic heterocycles. The molecule has 2 aromatic carbocycles. The number of sulfonamides is 1. The third kappa shape index (κ3) is 7.74. The zero-order valence-corrected chi connectivity index (χ0v) is 21.4. The highest BCUT2D eigenvalue weighted by Gasteiger charge is 2.33. The maximum Gasteiger partial charge on any atom is 0.416 e. The lowest BCUT2D eigenvalue weighted by molar-refractivity contribution is -0.139. The summed E-state index contributed by atoms with van der Waals surface area (Å²) in [6.45, 7) is 2.41. The average Bonchev–Trinajstić information content (AvgIpc) is 2.75. The molecule has 13 heteroatoms. The van der Waals surface area contributed by atoms with E-state index in [4.69, 9.17) is 23.2 Å². The lowest BCUT2D eigenvalue weighted by Crippen LogP contribution is -2.51. The highest BCUT2D eigenvalue weighted by molar-refractivity contribution is 7.92. The molecule has 0 unspecified atom stereocenters. The molecule has 1 N–H and O–H groups in total. The molecule has 0 aliphatic carbocycles. The fourth-order valence-corrected chi connectivity index (χ4v) is 4.50. The number of hydrogen-bond acceptors (Lipinski definition) is 4. The van der Waals surface area contributed by atoms with E-state index < -0.39 is 46.2 Å². The van der Waals surface area contributed by atoms with Crippen LogP contribution >= 0.6 is 23.2 Å². The summed E-state index contributed by atoms with van der Waals surface area (Å²) in [6.07, 6.45) is -3.94. The third-order valence-corrected chi connectivity index (χ3v) is 6.74. The van der Waals surface area contributed by atoms with E-state index in [1.807, 2.05) is 0 Å². The summed E-state index contributed by atoms with van der Waals surface area (Å²) in [5, 5.41) is 3.15. The Labute approximate surface area is 211 Å². The molecule has 0 saturated carbocycles. The Morgan fingerprint density at radius 1 is 1.11 bits per heavy atom. The topological polar surface area (TPSA) is 86.8 Å². The van der Waals surface area contributed by atoms with Gasteiger partial charge in [0.1, 0.15) is 12.6 Å². The minimum Gasteiger partial charge on any atom is -0.355 e. The van der Waals surface area contributed by atoms with Crippen molar-refractivity contribution in [3.05, 3.63) is 63.6 Å². The molecular weight excluding hydrogens is 530 g/mol. The molecule has 2 aromatic rings. The van der Waals surface area contributed by atoms with E-state index in [0.29, 0.717) is 21.0 Å². The van der Waals surface area contributed by atoms with Crippen molar-refractivity contribution in [3.63, 3.8) is 0 Å². The van der Waals surface area contributed by atoms with Crippen molar-refractivity contribution in [3.8, 4) is 0 Å². The maximum atomic E-state index is 13.3. The predicted octanol–water partition coefficient (Wildman–Crippen LogP) is 4.33. The first-order chi connectivity index (χ1) is 16.1. The standard InChI is InChI=1S/C22H24Cl2F3N3O4S/c1-4-28-21(32)14(2)29(12-15-8-9-17(23)11-19(15)24)20(31)13-30(35(3,33)34)18-7-5-6-16(10-18)22(25,26)27/h5-11,14H,4,12-13H2,1-3H3,(H,28,32)/t14-/m1/s1. The van der Waals surface area contributed by atoms with Crippen LogP contribution in [-0.4, -0.2) is 50.5 Å². The van der Waals surface area contributed by atoms with Gasteiger partial charge >= 0.3 is 6.18 Å². The van der Waals surface area contributed by atoms with Gasteiger partial charge in [-0.1, -0.05) is 35.3 Å². The van der Waals surface area contributed by atoms with Crippen LogP contribution in [0.2, 0.25) is 10.0 Å². The zero-order valence-electron chi connectivity index (χ0n) is 19.1. The van der Waals surface area contributed by atoms with Crippen LogP contribution in [0, 0.1) is 0 Å². The fraction of sp³-hybridized carbons (Fsp3) is 0.364. The van der Waals surface area contributed by atoms with Gasteiger partial charge < -0.3 is 10.2 Å². The van der Waals surface area contributed by atoms with Crippen molar-refractivity contribution in [2.45, 2.75) is 32.6 Å². The molecule has 0 radical (unpaired) electrons. The van der Waals surface area contributed by atoms with Crippen LogP contribution in [0.25, 0.3) is 0 Å². The Hall–Kier alpha value is -2.50. The number of nitrogens with zero attached hydrogens (tertiary/aromatic N) is 2. The first kappa shape index (κ1) is 28.7. The SMILES string of the molecule is CCNC(=O)[C@@H](C)N(Cc1ccc(Cl)cc1Cl)C(=O)CN(c1cccc(C(F)(F)F)c1)S(C)(=O)=O. The van der Waals surface area contributed by atoms with Gasteiger partial charge in [-0.3, -0.25) is 13.9 Å². The Kier molecular flexibility index (Phi) is 9.43. The molecule has 0 heterocycles. The van der Waals surface area contributed by atoms with E-state index in [9.17, 15) is 31.2 Å². The fourth-order valence-electron chi connectivity index (χ4n) is 3.19. The lowest BCUT2D eigenvalue weighted by Gasteiger charge is -2.31. The number of hydrogen-bond donors (Lipinski definition) is 1. The number of likely N-dealkylation sites (N-methyl/N-ethyl adjacent to an activating group) is 1. The third-order valence-electron chi connectivity index (χ3n) is 5.01. The average molecular weight is 554 g/mol. The maximum absolute atomic E-state index is 13.3. The van der Waals surface area contributed by atoms with Crippen LogP contribution in [0.3, 0.4) is 0 Å². The minimum atomic E-state index is -4.71. The molecule has 2 rings (SSSR count). The van der Waals surface area contributed by atoms with E-state index in [1.165, 1.54) is 19.1 Å². The highest BCUT2D eigenvalue weighted by atomic mass is 35.5. The molecule has 192 valence electrons. The molecule has 0 saturated heterocycles. The highest BCUT2D eigenvalue weighted by Crippen LogP contribution is 2.32. The number of amides is 2. The summed E-state index contributed by atoms with van der Waals surface area (Å²) in [5.74, 6) is -1.33. The summed E-state index contributed by atoms with van der Waals surface area (Å²) >= 11 is 12.1. The van der Waals surface area contributed by atoms with Gasteiger partial charge in [0.25, 0.3) is 0 Å². The first-order valence-electron chi connectivity index (χ1n) is 10.3. The van der Waals surface area contributed by atoms with Crippen LogP contribution in [0.5, 0.6) is 0 Å². The van der Waals surface area contributed by atoms with Gasteiger partial charge in [-0.15, -0.1) is 0 Å². The summed E-state index contributed by atoms with van der Waals surface area (Å²) in [4.78, 5) is 26.9. The van der Waals surface area contributed by atoms with Crippen LogP contribution in [0.1, 0.15) is 25.0 Å². The van der Waals surface area contributed by atoms with Gasteiger partial charge in [0, 0.05) is 23.1 Å². The Morgan fingerprint density at radius 3 is 2.31 bits per heavy atom. The number of benzene rings is 2. The molecule has 7 nitrogen and oxygen atoms in total. The lowest BCUT2D eigenvalue weighted by atomic mass is 10.1. The normalized spacial score (nSPS) is 12.7. The van der Waals surface area contributed by atoms with Crippen molar-refractivity contribution < 1.29 is 31.2 Å². The smallest absolute Gasteiger partial charge is 0.355 e. The number of rotatable bonds is 9. The molecule has 1 atom stereocenters. The first-order valence-corrected chi connectivity index (χ1v) is 12.9. The molecule has 0 aromatic heterocycles. The second-order valence-corrected chi connectivity index (χ2v) is 10.4. The van der Waals surface area contributed by atoms with E-state index in [-0.39, 0.29) is 23.8 Å². The van der Waals surface area contributed by atoms with Gasteiger partial charge in [-0.25, -0.2) is 8.42 Å². The van der Waals surface area contributed by atoms with Crippen LogP contribution < -0.4 is 9.62 Å². The van der Waals surface area contributed by atoms with Crippen molar-refractivity contribution in [2.75, 3.05) is 23.7 Å². The molecule has 2 amide bonds. The van der Waals surface area contributed by atoms with Gasteiger partial charge in [0.15, 0.2) is 0 Å². The van der Waals surface area contributed by atoms with Gasteiger partial charge in [0.05, 0.1) is 17.5 Å². The molecule has 0 fully saturated rings. The monoisotopic (exact) mass is 553 g/mol. The van der Waals surface area contributed by atoms with E-state index >= 15 is 0 Å². The second-order valence-electron chi connectivity index (χ2n) is 7.65. The molecule has 35 heavy (non-hydrogen) atoms. The van der Waals surface area contributed by atoms with Crippen molar-refractivity contribution in [2.24, 2.45) is 0 Å². The number of halogens is 5. The molecule has 0 spiro atoms. The Morgan fingerprint density at radius 2 is 1.77 bits per heavy atom. The van der Waals surface area contributed by atoms with Gasteiger partial charge in [-0.2, -0.15) is 13.2 Å². The summed E-state index contributed by atoms with van der Waals surface area (Å²) in [6, 6.07) is 7.12. The largest absolute Gasteiger partial charge is 0.416 e. The Balaban J connectivity index is 2.47. The van der Waals surface area contributed by atoms with Crippen LogP contribution in [0.4, 0.5) is 18.9 Å². The number of nitrogens with one attached hydrogen (secondary N) is 1. The number of alkyl halides is 3. The summed E-state index contributed by atoms with van der Waals surface area (Å²) < 4.78 is 65.0. The number of anilines is 1. The van der Waals surface area contributed by atoms with Gasteiger partial charge in [0.2, 0.25) is 21.8 Å². The second kappa shape index (κ2) is 11.5. The number of carbonyl (C=O) groups is 2. The van der Waals surface area contributed by atoms with Crippen LogP contribution in [-0.2, 0) is 32.3 Å². The molecular formula is C22H24Cl2F3N3O4S. The zero-order chi connectivity index (χ0) is 26.6. The minimum absolute atomic E-state index is 0.173. The van der Waals surface area contributed by atoms with Gasteiger partial charge in [-0.05, 0) is 49.7 Å². The quantitative estimate of drug-likeness (QED) is 0.500.